The zero-order valence-electron chi connectivity index (χ0n) is 15.8. The van der Waals surface area contributed by atoms with Gasteiger partial charge in [0.25, 0.3) is 0 Å². The van der Waals surface area contributed by atoms with E-state index in [1.807, 2.05) is 6.07 Å². The van der Waals surface area contributed by atoms with Gasteiger partial charge in [-0.25, -0.2) is 0 Å². The molecule has 0 aliphatic carbocycles. The highest BCUT2D eigenvalue weighted by Crippen LogP contribution is 2.43. The first-order valence-electron chi connectivity index (χ1n) is 9.88. The fraction of sp³-hybridized carbons (Fsp3) is 0. The van der Waals surface area contributed by atoms with Gasteiger partial charge in [0.15, 0.2) is 0 Å². The van der Waals surface area contributed by atoms with E-state index in [0.29, 0.717) is 0 Å². The highest BCUT2D eigenvalue weighted by molar-refractivity contribution is 6.21. The Morgan fingerprint density at radius 1 is 0.414 bits per heavy atom. The lowest BCUT2D eigenvalue weighted by Crippen LogP contribution is -1.83. The lowest BCUT2D eigenvalue weighted by molar-refractivity contribution is 0.674. The molecule has 136 valence electrons. The van der Waals surface area contributed by atoms with E-state index < -0.39 is 0 Å². The molecule has 29 heavy (non-hydrogen) atoms. The van der Waals surface area contributed by atoms with Gasteiger partial charge >= 0.3 is 0 Å². The number of rotatable bonds is 2. The third-order valence-corrected chi connectivity index (χ3v) is 5.68. The van der Waals surface area contributed by atoms with E-state index in [1.54, 1.807) is 0 Å². The Bertz CT molecular complexity index is 1480. The molecular weight excluding hydrogens is 352 g/mol. The Morgan fingerprint density at radius 3 is 1.79 bits per heavy atom. The molecule has 0 fully saturated rings. The van der Waals surface area contributed by atoms with E-state index in [0.717, 1.165) is 27.5 Å². The summed E-state index contributed by atoms with van der Waals surface area (Å²) in [4.78, 5) is 0. The van der Waals surface area contributed by atoms with Crippen LogP contribution in [-0.2, 0) is 0 Å². The minimum atomic E-state index is 0.948. The predicted octanol–water partition coefficient (Wildman–Crippen LogP) is 8.07. The first-order chi connectivity index (χ1) is 14.4. The number of hydrogen-bond acceptors (Lipinski definition) is 1. The molecule has 0 bridgehead atoms. The summed E-state index contributed by atoms with van der Waals surface area (Å²) in [7, 11) is 0. The Morgan fingerprint density at radius 2 is 1.03 bits per heavy atom. The van der Waals surface area contributed by atoms with Crippen LogP contribution in [0.5, 0.6) is 0 Å². The number of furan rings is 1. The van der Waals surface area contributed by atoms with Crippen LogP contribution in [0, 0.1) is 0 Å². The first kappa shape index (κ1) is 16.1. The maximum Gasteiger partial charge on any atom is 0.143 e. The number of benzene rings is 5. The van der Waals surface area contributed by atoms with Crippen LogP contribution < -0.4 is 0 Å². The van der Waals surface area contributed by atoms with Crippen molar-refractivity contribution in [3.63, 3.8) is 0 Å². The van der Waals surface area contributed by atoms with Crippen molar-refractivity contribution in [2.75, 3.05) is 0 Å². The molecule has 6 rings (SSSR count). The molecule has 0 radical (unpaired) electrons. The second-order valence-corrected chi connectivity index (χ2v) is 7.36. The summed E-state index contributed by atoms with van der Waals surface area (Å²) in [5, 5.41) is 4.69. The first-order valence-corrected chi connectivity index (χ1v) is 9.88. The Labute approximate surface area is 168 Å². The highest BCUT2D eigenvalue weighted by Gasteiger charge is 2.18. The zero-order valence-corrected chi connectivity index (χ0v) is 15.8. The van der Waals surface area contributed by atoms with Gasteiger partial charge in [-0.3, -0.25) is 0 Å². The second-order valence-electron chi connectivity index (χ2n) is 7.36. The van der Waals surface area contributed by atoms with Gasteiger partial charge in [0.1, 0.15) is 11.2 Å². The van der Waals surface area contributed by atoms with E-state index in [1.165, 1.54) is 27.5 Å². The quantitative estimate of drug-likeness (QED) is 0.300. The molecule has 0 aliphatic heterocycles. The molecule has 1 nitrogen and oxygen atoms in total. The minimum absolute atomic E-state index is 0.948. The fourth-order valence-corrected chi connectivity index (χ4v) is 4.31. The molecule has 0 spiro atoms. The van der Waals surface area contributed by atoms with Gasteiger partial charge in [-0.05, 0) is 34.2 Å². The van der Waals surface area contributed by atoms with E-state index in [4.69, 9.17) is 4.42 Å². The topological polar surface area (TPSA) is 13.1 Å². The Hall–Kier alpha value is -3.84. The van der Waals surface area contributed by atoms with Crippen LogP contribution in [-0.4, -0.2) is 0 Å². The maximum absolute atomic E-state index is 6.61. The van der Waals surface area contributed by atoms with Crippen LogP contribution >= 0.6 is 0 Å². The smallest absolute Gasteiger partial charge is 0.143 e. The SMILES string of the molecule is c1ccc(-c2ccc(-c3ccccc3)c3c2oc2c4ccccc4ccc23)cc1. The van der Waals surface area contributed by atoms with Gasteiger partial charge in [-0.2, -0.15) is 0 Å². The summed E-state index contributed by atoms with van der Waals surface area (Å²) in [6, 6.07) is 38.3. The third kappa shape index (κ3) is 2.48. The minimum Gasteiger partial charge on any atom is -0.455 e. The van der Waals surface area contributed by atoms with Gasteiger partial charge in [0, 0.05) is 21.7 Å². The standard InChI is InChI=1S/C28H18O/c1-3-9-19(10-4-1)22-17-18-24(20-11-5-2-6-12-20)28-26(22)25-16-15-21-13-7-8-14-23(21)27(25)29-28/h1-18H. The van der Waals surface area contributed by atoms with Crippen LogP contribution in [0.4, 0.5) is 0 Å². The van der Waals surface area contributed by atoms with Crippen molar-refractivity contribution in [2.24, 2.45) is 0 Å². The van der Waals surface area contributed by atoms with Crippen molar-refractivity contribution < 1.29 is 4.42 Å². The zero-order chi connectivity index (χ0) is 19.2. The second kappa shape index (κ2) is 6.35. The molecule has 0 amide bonds. The average Bonchev–Trinajstić information content (AvgIpc) is 3.20. The summed E-state index contributed by atoms with van der Waals surface area (Å²) in [5.41, 5.74) is 6.60. The Balaban J connectivity index is 1.80. The van der Waals surface area contributed by atoms with E-state index in [9.17, 15) is 0 Å². The summed E-state index contributed by atoms with van der Waals surface area (Å²) < 4.78 is 6.61. The van der Waals surface area contributed by atoms with Crippen LogP contribution in [0.2, 0.25) is 0 Å². The van der Waals surface area contributed by atoms with Crippen molar-refractivity contribution >= 4 is 32.7 Å². The number of fused-ring (bicyclic) bond motifs is 5. The highest BCUT2D eigenvalue weighted by atomic mass is 16.3. The lowest BCUT2D eigenvalue weighted by Gasteiger charge is -2.08. The summed E-state index contributed by atoms with van der Waals surface area (Å²) in [6.45, 7) is 0. The van der Waals surface area contributed by atoms with Gasteiger partial charge in [0.2, 0.25) is 0 Å². The summed E-state index contributed by atoms with van der Waals surface area (Å²) in [5.74, 6) is 0. The molecule has 0 aliphatic rings. The molecule has 0 unspecified atom stereocenters. The molecule has 0 atom stereocenters. The molecule has 1 aromatic heterocycles. The summed E-state index contributed by atoms with van der Waals surface area (Å²) >= 11 is 0. The average molecular weight is 370 g/mol. The largest absolute Gasteiger partial charge is 0.455 e. The molecule has 1 heterocycles. The van der Waals surface area contributed by atoms with Gasteiger partial charge < -0.3 is 4.42 Å². The number of hydrogen-bond donors (Lipinski definition) is 0. The molecular formula is C28H18O. The molecule has 6 aromatic rings. The molecule has 0 N–H and O–H groups in total. The van der Waals surface area contributed by atoms with Crippen LogP contribution in [0.15, 0.2) is 114 Å². The lowest BCUT2D eigenvalue weighted by atomic mass is 9.94. The van der Waals surface area contributed by atoms with Gasteiger partial charge in [0.05, 0.1) is 0 Å². The Kier molecular flexibility index (Phi) is 3.54. The molecule has 0 saturated carbocycles. The van der Waals surface area contributed by atoms with Crippen molar-refractivity contribution in [1.82, 2.24) is 0 Å². The maximum atomic E-state index is 6.61. The third-order valence-electron chi connectivity index (χ3n) is 5.68. The van der Waals surface area contributed by atoms with Crippen molar-refractivity contribution in [2.45, 2.75) is 0 Å². The normalized spacial score (nSPS) is 11.4. The van der Waals surface area contributed by atoms with E-state index in [2.05, 4.69) is 103 Å². The van der Waals surface area contributed by atoms with Crippen molar-refractivity contribution in [3.8, 4) is 22.3 Å². The fourth-order valence-electron chi connectivity index (χ4n) is 4.31. The van der Waals surface area contributed by atoms with Gasteiger partial charge in [-0.15, -0.1) is 0 Å². The molecule has 1 heteroatoms. The van der Waals surface area contributed by atoms with Crippen LogP contribution in [0.1, 0.15) is 0 Å². The van der Waals surface area contributed by atoms with Crippen LogP contribution in [0.25, 0.3) is 55.0 Å². The van der Waals surface area contributed by atoms with Crippen molar-refractivity contribution in [3.05, 3.63) is 109 Å². The predicted molar refractivity (Wildman–Crippen MR) is 122 cm³/mol. The molecule has 0 saturated heterocycles. The summed E-state index contributed by atoms with van der Waals surface area (Å²) in [6.07, 6.45) is 0. The van der Waals surface area contributed by atoms with E-state index in [-0.39, 0.29) is 0 Å². The molecule has 5 aromatic carbocycles. The monoisotopic (exact) mass is 370 g/mol. The van der Waals surface area contributed by atoms with E-state index >= 15 is 0 Å². The van der Waals surface area contributed by atoms with Gasteiger partial charge in [-0.1, -0.05) is 97.1 Å². The van der Waals surface area contributed by atoms with Crippen LogP contribution in [0.3, 0.4) is 0 Å². The van der Waals surface area contributed by atoms with Crippen molar-refractivity contribution in [1.29, 1.82) is 0 Å².